The Morgan fingerprint density at radius 3 is 2.81 bits per heavy atom. The van der Waals surface area contributed by atoms with Crippen LogP contribution in [0.4, 0.5) is 4.39 Å². The smallest absolute Gasteiger partial charge is 0.189 e. The lowest BCUT2D eigenvalue weighted by molar-refractivity contribution is 0.00400. The van der Waals surface area contributed by atoms with E-state index in [1.54, 1.807) is 12.1 Å². The van der Waals surface area contributed by atoms with E-state index < -0.39 is 0 Å². The van der Waals surface area contributed by atoms with Crippen molar-refractivity contribution in [1.82, 2.24) is 9.38 Å². The van der Waals surface area contributed by atoms with Gasteiger partial charge in [-0.2, -0.15) is 0 Å². The second-order valence-electron chi connectivity index (χ2n) is 5.97. The number of imidazole rings is 1. The van der Waals surface area contributed by atoms with Gasteiger partial charge in [0.15, 0.2) is 6.79 Å². The third-order valence-electron chi connectivity index (χ3n) is 4.08. The van der Waals surface area contributed by atoms with Gasteiger partial charge in [0.25, 0.3) is 0 Å². The zero-order valence-electron chi connectivity index (χ0n) is 14.3. The van der Waals surface area contributed by atoms with Crippen LogP contribution in [0.3, 0.4) is 0 Å². The first kappa shape index (κ1) is 17.7. The number of pyridine rings is 1. The molecule has 2 aromatic carbocycles. The number of benzene rings is 2. The van der Waals surface area contributed by atoms with Crippen LogP contribution in [0.2, 0.25) is 0 Å². The van der Waals surface area contributed by atoms with Crippen molar-refractivity contribution in [3.05, 3.63) is 88.9 Å². The third-order valence-corrected chi connectivity index (χ3v) is 4.57. The number of hydrogen-bond acceptors (Lipinski definition) is 3. The Morgan fingerprint density at radius 1 is 1.04 bits per heavy atom. The van der Waals surface area contributed by atoms with Crippen molar-refractivity contribution in [3.8, 4) is 17.0 Å². The van der Waals surface area contributed by atoms with E-state index in [9.17, 15) is 4.39 Å². The Morgan fingerprint density at radius 2 is 1.96 bits per heavy atom. The molecule has 0 amide bonds. The van der Waals surface area contributed by atoms with Gasteiger partial charge in [0.1, 0.15) is 17.2 Å². The number of hydrogen-bond donors (Lipinski definition) is 0. The first-order valence-corrected chi connectivity index (χ1v) is 9.17. The highest BCUT2D eigenvalue weighted by Gasteiger charge is 2.06. The number of halogens is 2. The summed E-state index contributed by atoms with van der Waals surface area (Å²) in [5.41, 5.74) is 3.19. The first-order valence-electron chi connectivity index (χ1n) is 8.38. The van der Waals surface area contributed by atoms with E-state index in [0.29, 0.717) is 15.8 Å². The molecule has 4 rings (SSSR count). The summed E-state index contributed by atoms with van der Waals surface area (Å²) in [6.45, 7) is 0.176. The van der Waals surface area contributed by atoms with Crippen LogP contribution >= 0.6 is 15.9 Å². The lowest BCUT2D eigenvalue weighted by Crippen LogP contribution is -2.04. The fourth-order valence-electron chi connectivity index (χ4n) is 2.72. The average molecular weight is 427 g/mol. The largest absolute Gasteiger partial charge is 0.468 e. The summed E-state index contributed by atoms with van der Waals surface area (Å²) in [5.74, 6) is 0.360. The number of ether oxygens (including phenoxy) is 2. The standard InChI is InChI=1S/C21H16BrFN2O2/c22-17-8-7-16(19(23)11-17)13-26-14-27-18-5-3-4-15(10-18)20-12-25-9-2-1-6-21(25)24-20/h1-12H,13-14H2. The third kappa shape index (κ3) is 4.18. The van der Waals surface area contributed by atoms with Crippen molar-refractivity contribution in [1.29, 1.82) is 0 Å². The van der Waals surface area contributed by atoms with Crippen molar-refractivity contribution in [2.24, 2.45) is 0 Å². The Labute approximate surface area is 164 Å². The maximum atomic E-state index is 13.8. The molecule has 0 unspecified atom stereocenters. The van der Waals surface area contributed by atoms with Gasteiger partial charge < -0.3 is 13.9 Å². The maximum absolute atomic E-state index is 13.8. The van der Waals surface area contributed by atoms with E-state index >= 15 is 0 Å². The minimum Gasteiger partial charge on any atom is -0.468 e. The highest BCUT2D eigenvalue weighted by atomic mass is 79.9. The zero-order chi connectivity index (χ0) is 18.6. The van der Waals surface area contributed by atoms with Crippen molar-refractivity contribution in [3.63, 3.8) is 0 Å². The van der Waals surface area contributed by atoms with E-state index in [4.69, 9.17) is 9.47 Å². The molecule has 0 spiro atoms. The Balaban J connectivity index is 1.39. The van der Waals surface area contributed by atoms with Gasteiger partial charge in [-0.25, -0.2) is 9.37 Å². The summed E-state index contributed by atoms with van der Waals surface area (Å²) in [6.07, 6.45) is 3.93. The SMILES string of the molecule is Fc1cc(Br)ccc1COCOc1cccc(-c2cn3ccccc3n2)c1. The fourth-order valence-corrected chi connectivity index (χ4v) is 3.05. The number of fused-ring (bicyclic) bond motifs is 1. The Bertz CT molecular complexity index is 1050. The minimum absolute atomic E-state index is 0.0319. The second-order valence-corrected chi connectivity index (χ2v) is 6.88. The minimum atomic E-state index is -0.307. The van der Waals surface area contributed by atoms with Gasteiger partial charge in [0, 0.05) is 28.0 Å². The predicted octanol–water partition coefficient (Wildman–Crippen LogP) is 5.46. The van der Waals surface area contributed by atoms with Crippen LogP contribution in [0.1, 0.15) is 5.56 Å². The Kier molecular flexibility index (Phi) is 5.18. The quantitative estimate of drug-likeness (QED) is 0.303. The molecule has 2 heterocycles. The zero-order valence-corrected chi connectivity index (χ0v) is 15.9. The molecule has 0 N–H and O–H groups in total. The number of rotatable bonds is 6. The molecule has 0 radical (unpaired) electrons. The Hall–Kier alpha value is -2.70. The molecule has 0 aliphatic rings. The van der Waals surface area contributed by atoms with Crippen molar-refractivity contribution in [2.75, 3.05) is 6.79 Å². The van der Waals surface area contributed by atoms with Crippen molar-refractivity contribution < 1.29 is 13.9 Å². The summed E-state index contributed by atoms with van der Waals surface area (Å²) in [5, 5.41) is 0. The molecule has 0 fully saturated rings. The summed E-state index contributed by atoms with van der Waals surface area (Å²) in [7, 11) is 0. The molecule has 2 aromatic heterocycles. The molecule has 0 aliphatic heterocycles. The topological polar surface area (TPSA) is 35.8 Å². The number of nitrogens with zero attached hydrogens (tertiary/aromatic N) is 2. The molecule has 27 heavy (non-hydrogen) atoms. The van der Waals surface area contributed by atoms with E-state index in [2.05, 4.69) is 20.9 Å². The lowest BCUT2D eigenvalue weighted by Gasteiger charge is -2.09. The van der Waals surface area contributed by atoms with Crippen LogP contribution in [0, 0.1) is 5.82 Å². The average Bonchev–Trinajstić information content (AvgIpc) is 3.11. The molecule has 0 saturated heterocycles. The van der Waals surface area contributed by atoms with E-state index in [-0.39, 0.29) is 19.2 Å². The summed E-state index contributed by atoms with van der Waals surface area (Å²) >= 11 is 3.23. The van der Waals surface area contributed by atoms with Gasteiger partial charge in [0.05, 0.1) is 12.3 Å². The molecule has 0 saturated carbocycles. The van der Waals surface area contributed by atoms with Gasteiger partial charge in [-0.05, 0) is 36.4 Å². The van der Waals surface area contributed by atoms with Crippen LogP contribution < -0.4 is 4.74 Å². The molecule has 6 heteroatoms. The van der Waals surface area contributed by atoms with Gasteiger partial charge >= 0.3 is 0 Å². The molecule has 4 aromatic rings. The summed E-state index contributed by atoms with van der Waals surface area (Å²) < 4.78 is 27.5. The van der Waals surface area contributed by atoms with Gasteiger partial charge in [-0.15, -0.1) is 0 Å². The molecule has 0 aliphatic carbocycles. The van der Waals surface area contributed by atoms with Gasteiger partial charge in [-0.1, -0.05) is 40.2 Å². The molecule has 4 nitrogen and oxygen atoms in total. The molecule has 136 valence electrons. The van der Waals surface area contributed by atoms with Crippen LogP contribution in [-0.4, -0.2) is 16.2 Å². The molecule has 0 atom stereocenters. The number of aromatic nitrogens is 2. The maximum Gasteiger partial charge on any atom is 0.189 e. The first-order chi connectivity index (χ1) is 13.2. The highest BCUT2D eigenvalue weighted by Crippen LogP contribution is 2.24. The lowest BCUT2D eigenvalue weighted by atomic mass is 10.1. The van der Waals surface area contributed by atoms with Crippen molar-refractivity contribution in [2.45, 2.75) is 6.61 Å². The van der Waals surface area contributed by atoms with Crippen molar-refractivity contribution >= 4 is 21.6 Å². The van der Waals surface area contributed by atoms with Crippen LogP contribution in [0.15, 0.2) is 77.5 Å². The summed E-state index contributed by atoms with van der Waals surface area (Å²) in [4.78, 5) is 4.61. The van der Waals surface area contributed by atoms with Gasteiger partial charge in [-0.3, -0.25) is 0 Å². The van der Waals surface area contributed by atoms with Gasteiger partial charge in [0.2, 0.25) is 0 Å². The molecular weight excluding hydrogens is 411 g/mol. The monoisotopic (exact) mass is 426 g/mol. The fraction of sp³-hybridized carbons (Fsp3) is 0.0952. The van der Waals surface area contributed by atoms with Crippen LogP contribution in [0.25, 0.3) is 16.9 Å². The van der Waals surface area contributed by atoms with Crippen LogP contribution in [-0.2, 0) is 11.3 Å². The van der Waals surface area contributed by atoms with E-state index in [1.807, 2.05) is 59.3 Å². The van der Waals surface area contributed by atoms with Crippen LogP contribution in [0.5, 0.6) is 5.75 Å². The molecular formula is C21H16BrFN2O2. The van der Waals surface area contributed by atoms with E-state index in [0.717, 1.165) is 16.9 Å². The normalized spacial score (nSPS) is 11.0. The summed E-state index contributed by atoms with van der Waals surface area (Å²) in [6, 6.07) is 18.4. The second kappa shape index (κ2) is 7.90. The highest BCUT2D eigenvalue weighted by molar-refractivity contribution is 9.10. The molecule has 0 bridgehead atoms. The predicted molar refractivity (Wildman–Crippen MR) is 105 cm³/mol. The van der Waals surface area contributed by atoms with E-state index in [1.165, 1.54) is 6.07 Å².